The molecule has 6 nitrogen and oxygen atoms in total. The van der Waals surface area contributed by atoms with Gasteiger partial charge >= 0.3 is 0 Å². The van der Waals surface area contributed by atoms with Crippen LogP contribution in [0, 0.1) is 0 Å². The lowest BCUT2D eigenvalue weighted by Crippen LogP contribution is -2.22. The maximum Gasteiger partial charge on any atom is 0.202 e. The summed E-state index contributed by atoms with van der Waals surface area (Å²) >= 11 is 0. The van der Waals surface area contributed by atoms with E-state index in [1.807, 2.05) is 0 Å². The summed E-state index contributed by atoms with van der Waals surface area (Å²) < 4.78 is 10.0. The Labute approximate surface area is 125 Å². The second-order valence-corrected chi connectivity index (χ2v) is 4.74. The van der Waals surface area contributed by atoms with Crippen molar-refractivity contribution in [2.45, 2.75) is 0 Å². The highest BCUT2D eigenvalue weighted by Gasteiger charge is 2.37. The summed E-state index contributed by atoms with van der Waals surface area (Å²) in [6.07, 6.45) is 0. The number of rotatable bonds is 2. The number of hydrogen-bond donors (Lipinski definition) is 2. The van der Waals surface area contributed by atoms with Crippen LogP contribution in [-0.2, 0) is 0 Å². The van der Waals surface area contributed by atoms with Gasteiger partial charge in [-0.1, -0.05) is 12.1 Å². The third kappa shape index (κ3) is 1.67. The van der Waals surface area contributed by atoms with Crippen LogP contribution in [0.3, 0.4) is 0 Å². The first kappa shape index (κ1) is 13.9. The summed E-state index contributed by atoms with van der Waals surface area (Å²) in [6, 6.07) is 5.69. The molecule has 2 aromatic rings. The van der Waals surface area contributed by atoms with Crippen molar-refractivity contribution in [2.75, 3.05) is 14.2 Å². The van der Waals surface area contributed by atoms with Crippen LogP contribution >= 0.6 is 0 Å². The van der Waals surface area contributed by atoms with Crippen molar-refractivity contribution in [3.05, 3.63) is 46.5 Å². The quantitative estimate of drug-likeness (QED) is 0.702. The Kier molecular flexibility index (Phi) is 3.02. The zero-order valence-electron chi connectivity index (χ0n) is 11.8. The average molecular weight is 300 g/mol. The number of phenolic OH excluding ortho intramolecular Hbond substituents is 2. The van der Waals surface area contributed by atoms with Gasteiger partial charge in [-0.25, -0.2) is 0 Å². The highest BCUT2D eigenvalue weighted by atomic mass is 16.5. The summed E-state index contributed by atoms with van der Waals surface area (Å²) in [5.74, 6) is -1.91. The van der Waals surface area contributed by atoms with Crippen LogP contribution in [0.25, 0.3) is 0 Å². The Morgan fingerprint density at radius 1 is 0.864 bits per heavy atom. The molecule has 0 unspecified atom stereocenters. The lowest BCUT2D eigenvalue weighted by atomic mass is 9.82. The maximum absolute atomic E-state index is 12.7. The van der Waals surface area contributed by atoms with E-state index in [1.165, 1.54) is 20.3 Å². The molecule has 112 valence electrons. The van der Waals surface area contributed by atoms with E-state index in [1.54, 1.807) is 12.1 Å². The van der Waals surface area contributed by atoms with Gasteiger partial charge < -0.3 is 19.7 Å². The van der Waals surface area contributed by atoms with Gasteiger partial charge in [-0.05, 0) is 6.07 Å². The second kappa shape index (κ2) is 4.77. The number of phenols is 2. The SMILES string of the molecule is COc1cc(O)c2c(c1O)C(=O)c1cccc(OC)c1C2=O. The molecule has 1 aliphatic rings. The zero-order chi connectivity index (χ0) is 16.0. The monoisotopic (exact) mass is 300 g/mol. The van der Waals surface area contributed by atoms with Crippen molar-refractivity contribution in [2.24, 2.45) is 0 Å². The molecule has 2 N–H and O–H groups in total. The number of benzene rings is 2. The van der Waals surface area contributed by atoms with Gasteiger partial charge in [-0.15, -0.1) is 0 Å². The summed E-state index contributed by atoms with van der Waals surface area (Å²) in [7, 11) is 2.67. The molecule has 0 atom stereocenters. The molecule has 0 amide bonds. The summed E-state index contributed by atoms with van der Waals surface area (Å²) in [4.78, 5) is 25.3. The normalized spacial score (nSPS) is 12.6. The fraction of sp³-hybridized carbons (Fsp3) is 0.125. The first-order valence-electron chi connectivity index (χ1n) is 6.40. The highest BCUT2D eigenvalue weighted by molar-refractivity contribution is 6.31. The van der Waals surface area contributed by atoms with E-state index in [2.05, 4.69) is 0 Å². The summed E-state index contributed by atoms with van der Waals surface area (Å²) in [5, 5.41) is 20.2. The smallest absolute Gasteiger partial charge is 0.202 e. The van der Waals surface area contributed by atoms with Gasteiger partial charge in [0.2, 0.25) is 5.78 Å². The lowest BCUT2D eigenvalue weighted by Gasteiger charge is -2.21. The van der Waals surface area contributed by atoms with Crippen molar-refractivity contribution < 1.29 is 29.3 Å². The van der Waals surface area contributed by atoms with Crippen molar-refractivity contribution >= 4 is 11.6 Å². The largest absolute Gasteiger partial charge is 0.507 e. The second-order valence-electron chi connectivity index (χ2n) is 4.74. The molecule has 0 saturated carbocycles. The van der Waals surface area contributed by atoms with Crippen LogP contribution in [0.15, 0.2) is 24.3 Å². The van der Waals surface area contributed by atoms with Crippen LogP contribution in [0.1, 0.15) is 31.8 Å². The van der Waals surface area contributed by atoms with Crippen molar-refractivity contribution in [3.8, 4) is 23.0 Å². The summed E-state index contributed by atoms with van der Waals surface area (Å²) in [6.45, 7) is 0. The van der Waals surface area contributed by atoms with E-state index in [4.69, 9.17) is 9.47 Å². The molecule has 22 heavy (non-hydrogen) atoms. The number of methoxy groups -OCH3 is 2. The van der Waals surface area contributed by atoms with Gasteiger partial charge in [-0.2, -0.15) is 0 Å². The predicted molar refractivity (Wildman–Crippen MR) is 76.2 cm³/mol. The lowest BCUT2D eigenvalue weighted by molar-refractivity contribution is 0.0971. The van der Waals surface area contributed by atoms with Gasteiger partial charge in [0, 0.05) is 11.6 Å². The van der Waals surface area contributed by atoms with Gasteiger partial charge in [0.25, 0.3) is 0 Å². The molecular weight excluding hydrogens is 288 g/mol. The third-order valence-electron chi connectivity index (χ3n) is 3.64. The Hall–Kier alpha value is -3.02. The van der Waals surface area contributed by atoms with E-state index >= 15 is 0 Å². The van der Waals surface area contributed by atoms with E-state index in [-0.39, 0.29) is 33.8 Å². The van der Waals surface area contributed by atoms with E-state index < -0.39 is 23.1 Å². The van der Waals surface area contributed by atoms with Crippen LogP contribution < -0.4 is 9.47 Å². The molecule has 0 heterocycles. The Balaban J connectivity index is 2.39. The molecule has 0 bridgehead atoms. The molecule has 2 aromatic carbocycles. The number of aromatic hydroxyl groups is 2. The number of ether oxygens (including phenoxy) is 2. The molecule has 6 heteroatoms. The van der Waals surface area contributed by atoms with Crippen LogP contribution in [0.2, 0.25) is 0 Å². The fourth-order valence-electron chi connectivity index (χ4n) is 2.63. The van der Waals surface area contributed by atoms with Crippen molar-refractivity contribution in [3.63, 3.8) is 0 Å². The highest BCUT2D eigenvalue weighted by Crippen LogP contribution is 2.44. The zero-order valence-corrected chi connectivity index (χ0v) is 11.8. The number of carbonyl (C=O) groups is 2. The maximum atomic E-state index is 12.7. The number of hydrogen-bond acceptors (Lipinski definition) is 6. The van der Waals surface area contributed by atoms with Gasteiger partial charge in [0.1, 0.15) is 11.5 Å². The summed E-state index contributed by atoms with van der Waals surface area (Å²) in [5.41, 5.74) is -0.329. The van der Waals surface area contributed by atoms with E-state index in [0.29, 0.717) is 0 Å². The van der Waals surface area contributed by atoms with Crippen molar-refractivity contribution in [1.29, 1.82) is 0 Å². The van der Waals surface area contributed by atoms with Gasteiger partial charge in [0.15, 0.2) is 17.3 Å². The van der Waals surface area contributed by atoms with E-state index in [0.717, 1.165) is 6.07 Å². The molecule has 0 fully saturated rings. The Morgan fingerprint density at radius 3 is 2.18 bits per heavy atom. The standard InChI is InChI=1S/C16H12O6/c1-21-9-5-3-4-7-11(9)16(20)12-8(17)6-10(22-2)15(19)13(12)14(7)18/h3-6,17,19H,1-2H3. The predicted octanol–water partition coefficient (Wildman–Crippen LogP) is 1.89. The van der Waals surface area contributed by atoms with Crippen molar-refractivity contribution in [1.82, 2.24) is 0 Å². The molecule has 0 saturated heterocycles. The number of ketones is 2. The average Bonchev–Trinajstić information content (AvgIpc) is 2.53. The molecule has 0 aromatic heterocycles. The first-order chi connectivity index (χ1) is 10.5. The van der Waals surface area contributed by atoms with Gasteiger partial charge in [0.05, 0.1) is 30.9 Å². The number of carbonyl (C=O) groups excluding carboxylic acids is 2. The van der Waals surface area contributed by atoms with Crippen LogP contribution in [0.4, 0.5) is 0 Å². The minimum absolute atomic E-state index is 0.0716. The minimum atomic E-state index is -0.586. The van der Waals surface area contributed by atoms with Crippen LogP contribution in [0.5, 0.6) is 23.0 Å². The van der Waals surface area contributed by atoms with Gasteiger partial charge in [-0.3, -0.25) is 9.59 Å². The topological polar surface area (TPSA) is 93.1 Å². The fourth-order valence-corrected chi connectivity index (χ4v) is 2.63. The van der Waals surface area contributed by atoms with Crippen LogP contribution in [-0.4, -0.2) is 36.0 Å². The Bertz CT molecular complexity index is 822. The third-order valence-corrected chi connectivity index (χ3v) is 3.64. The molecule has 0 aliphatic heterocycles. The molecule has 0 spiro atoms. The molecule has 0 radical (unpaired) electrons. The molecular formula is C16H12O6. The Morgan fingerprint density at radius 2 is 1.55 bits per heavy atom. The first-order valence-corrected chi connectivity index (χ1v) is 6.40. The molecule has 3 rings (SSSR count). The van der Waals surface area contributed by atoms with E-state index in [9.17, 15) is 19.8 Å². The minimum Gasteiger partial charge on any atom is -0.507 e. The number of fused-ring (bicyclic) bond motifs is 2. The molecule has 1 aliphatic carbocycles.